The van der Waals surface area contributed by atoms with Crippen molar-refractivity contribution in [1.29, 1.82) is 0 Å². The Morgan fingerprint density at radius 1 is 1.19 bits per heavy atom. The van der Waals surface area contributed by atoms with Gasteiger partial charge >= 0.3 is 0 Å². The number of benzene rings is 1. The fourth-order valence-corrected chi connectivity index (χ4v) is 2.08. The van der Waals surface area contributed by atoms with Gasteiger partial charge in [0, 0.05) is 5.69 Å². The van der Waals surface area contributed by atoms with Crippen LogP contribution in [0.5, 0.6) is 5.75 Å². The van der Waals surface area contributed by atoms with Crippen LogP contribution in [0.3, 0.4) is 0 Å². The van der Waals surface area contributed by atoms with Crippen LogP contribution in [0.15, 0.2) is 24.3 Å². The van der Waals surface area contributed by atoms with E-state index in [2.05, 4.69) is 5.32 Å². The van der Waals surface area contributed by atoms with Gasteiger partial charge in [-0.25, -0.2) is 0 Å². The highest BCUT2D eigenvalue weighted by Crippen LogP contribution is 2.18. The molecule has 3 nitrogen and oxygen atoms in total. The van der Waals surface area contributed by atoms with Crippen LogP contribution in [-0.4, -0.2) is 19.7 Å². The molecule has 0 radical (unpaired) electrons. The number of nitrogens with two attached hydrogens (primary N) is 1. The van der Waals surface area contributed by atoms with Crippen LogP contribution in [-0.2, 0) is 0 Å². The average molecular weight is 220 g/mol. The molecule has 1 fully saturated rings. The van der Waals surface area contributed by atoms with Crippen molar-refractivity contribution in [2.24, 2.45) is 5.92 Å². The summed E-state index contributed by atoms with van der Waals surface area (Å²) in [4.78, 5) is 0. The van der Waals surface area contributed by atoms with Gasteiger partial charge in [0.2, 0.25) is 0 Å². The Hall–Kier alpha value is -1.22. The first kappa shape index (κ1) is 11.3. The maximum Gasteiger partial charge on any atom is 0.119 e. The lowest BCUT2D eigenvalue weighted by Crippen LogP contribution is -2.28. The van der Waals surface area contributed by atoms with E-state index in [1.54, 1.807) is 0 Å². The van der Waals surface area contributed by atoms with Gasteiger partial charge in [-0.3, -0.25) is 0 Å². The van der Waals surface area contributed by atoms with E-state index in [4.69, 9.17) is 10.5 Å². The Balaban J connectivity index is 1.69. The summed E-state index contributed by atoms with van der Waals surface area (Å²) in [6.07, 6.45) is 3.72. The van der Waals surface area contributed by atoms with E-state index < -0.39 is 0 Å². The van der Waals surface area contributed by atoms with Crippen molar-refractivity contribution in [1.82, 2.24) is 5.32 Å². The van der Waals surface area contributed by atoms with E-state index >= 15 is 0 Å². The zero-order valence-electron chi connectivity index (χ0n) is 9.61. The Morgan fingerprint density at radius 2 is 1.88 bits per heavy atom. The van der Waals surface area contributed by atoms with Crippen LogP contribution in [0.4, 0.5) is 5.69 Å². The molecule has 1 aromatic carbocycles. The first-order chi connectivity index (χ1) is 7.84. The van der Waals surface area contributed by atoms with Crippen molar-refractivity contribution in [2.75, 3.05) is 25.4 Å². The minimum absolute atomic E-state index is 0.783. The van der Waals surface area contributed by atoms with Crippen LogP contribution in [0.25, 0.3) is 0 Å². The van der Waals surface area contributed by atoms with Crippen LogP contribution < -0.4 is 15.8 Å². The highest BCUT2D eigenvalue weighted by molar-refractivity contribution is 5.41. The quantitative estimate of drug-likeness (QED) is 0.763. The van der Waals surface area contributed by atoms with Gasteiger partial charge < -0.3 is 15.8 Å². The van der Waals surface area contributed by atoms with Gasteiger partial charge in [0.15, 0.2) is 0 Å². The van der Waals surface area contributed by atoms with Gasteiger partial charge in [0.1, 0.15) is 5.75 Å². The number of nitrogen functional groups attached to an aromatic ring is 1. The summed E-state index contributed by atoms with van der Waals surface area (Å²) in [6, 6.07) is 7.61. The van der Waals surface area contributed by atoms with E-state index in [0.29, 0.717) is 0 Å². The van der Waals surface area contributed by atoms with Crippen molar-refractivity contribution >= 4 is 5.69 Å². The highest BCUT2D eigenvalue weighted by atomic mass is 16.5. The molecule has 0 spiro atoms. The second kappa shape index (κ2) is 5.75. The van der Waals surface area contributed by atoms with Gasteiger partial charge in [-0.2, -0.15) is 0 Å². The summed E-state index contributed by atoms with van der Waals surface area (Å²) in [5, 5.41) is 3.37. The predicted molar refractivity (Wildman–Crippen MR) is 66.6 cm³/mol. The molecule has 3 heteroatoms. The number of hydrogen-bond acceptors (Lipinski definition) is 3. The molecule has 1 aliphatic rings. The first-order valence-electron chi connectivity index (χ1n) is 6.03. The molecular formula is C13H20N2O. The van der Waals surface area contributed by atoms with Gasteiger partial charge in [0.05, 0.1) is 6.61 Å². The summed E-state index contributed by atoms with van der Waals surface area (Å²) in [5.41, 5.74) is 6.39. The summed E-state index contributed by atoms with van der Waals surface area (Å²) in [7, 11) is 0. The SMILES string of the molecule is Nc1ccc(OCCC2CCNCC2)cc1. The van der Waals surface area contributed by atoms with Crippen LogP contribution in [0, 0.1) is 5.92 Å². The van der Waals surface area contributed by atoms with Crippen molar-refractivity contribution in [2.45, 2.75) is 19.3 Å². The molecule has 0 aromatic heterocycles. The predicted octanol–water partition coefficient (Wildman–Crippen LogP) is 2.04. The van der Waals surface area contributed by atoms with E-state index in [-0.39, 0.29) is 0 Å². The minimum Gasteiger partial charge on any atom is -0.494 e. The maximum atomic E-state index is 5.69. The Morgan fingerprint density at radius 3 is 2.56 bits per heavy atom. The minimum atomic E-state index is 0.783. The van der Waals surface area contributed by atoms with Crippen molar-refractivity contribution in [3.05, 3.63) is 24.3 Å². The summed E-state index contributed by atoms with van der Waals surface area (Å²) in [6.45, 7) is 3.13. The molecule has 1 heterocycles. The maximum absolute atomic E-state index is 5.69. The van der Waals surface area contributed by atoms with E-state index in [1.165, 1.54) is 12.8 Å². The van der Waals surface area contributed by atoms with E-state index in [9.17, 15) is 0 Å². The number of ether oxygens (including phenoxy) is 1. The fraction of sp³-hybridized carbons (Fsp3) is 0.538. The third kappa shape index (κ3) is 3.42. The topological polar surface area (TPSA) is 47.3 Å². The third-order valence-corrected chi connectivity index (χ3v) is 3.13. The highest BCUT2D eigenvalue weighted by Gasteiger charge is 2.12. The second-order valence-corrected chi connectivity index (χ2v) is 4.40. The van der Waals surface area contributed by atoms with Gasteiger partial charge in [-0.15, -0.1) is 0 Å². The van der Waals surface area contributed by atoms with Crippen LogP contribution in [0.1, 0.15) is 19.3 Å². The lowest BCUT2D eigenvalue weighted by atomic mass is 9.95. The molecule has 0 atom stereocenters. The molecule has 1 aromatic rings. The fourth-order valence-electron chi connectivity index (χ4n) is 2.08. The molecule has 88 valence electrons. The molecule has 0 aliphatic carbocycles. The smallest absolute Gasteiger partial charge is 0.119 e. The number of nitrogens with one attached hydrogen (secondary N) is 1. The molecule has 3 N–H and O–H groups in total. The van der Waals surface area contributed by atoms with Crippen molar-refractivity contribution in [3.63, 3.8) is 0 Å². The lowest BCUT2D eigenvalue weighted by Gasteiger charge is -2.22. The normalized spacial score (nSPS) is 17.2. The molecule has 0 bridgehead atoms. The molecule has 2 rings (SSSR count). The zero-order chi connectivity index (χ0) is 11.2. The molecular weight excluding hydrogens is 200 g/mol. The molecule has 0 saturated carbocycles. The Labute approximate surface area is 97.0 Å². The average Bonchev–Trinajstić information content (AvgIpc) is 2.33. The summed E-state index contributed by atoms with van der Waals surface area (Å²) in [5.74, 6) is 1.75. The summed E-state index contributed by atoms with van der Waals surface area (Å²) >= 11 is 0. The summed E-state index contributed by atoms with van der Waals surface area (Å²) < 4.78 is 5.69. The molecule has 1 saturated heterocycles. The lowest BCUT2D eigenvalue weighted by molar-refractivity contribution is 0.252. The van der Waals surface area contributed by atoms with E-state index in [1.807, 2.05) is 24.3 Å². The Bertz CT molecular complexity index is 304. The van der Waals surface area contributed by atoms with E-state index in [0.717, 1.165) is 43.5 Å². The van der Waals surface area contributed by atoms with Gasteiger partial charge in [0.25, 0.3) is 0 Å². The second-order valence-electron chi connectivity index (χ2n) is 4.40. The molecule has 16 heavy (non-hydrogen) atoms. The monoisotopic (exact) mass is 220 g/mol. The van der Waals surface area contributed by atoms with Crippen LogP contribution in [0.2, 0.25) is 0 Å². The third-order valence-electron chi connectivity index (χ3n) is 3.13. The standard InChI is InChI=1S/C13H20N2O/c14-12-1-3-13(4-2-12)16-10-7-11-5-8-15-9-6-11/h1-4,11,15H,5-10,14H2. The number of hydrogen-bond donors (Lipinski definition) is 2. The molecule has 0 amide bonds. The van der Waals surface area contributed by atoms with Crippen molar-refractivity contribution < 1.29 is 4.74 Å². The number of anilines is 1. The largest absolute Gasteiger partial charge is 0.494 e. The van der Waals surface area contributed by atoms with Crippen LogP contribution >= 0.6 is 0 Å². The van der Waals surface area contributed by atoms with Gasteiger partial charge in [-0.05, 0) is 62.5 Å². The van der Waals surface area contributed by atoms with Gasteiger partial charge in [-0.1, -0.05) is 0 Å². The Kier molecular flexibility index (Phi) is 4.05. The number of rotatable bonds is 4. The molecule has 0 unspecified atom stereocenters. The first-order valence-corrected chi connectivity index (χ1v) is 6.03. The van der Waals surface area contributed by atoms with Crippen molar-refractivity contribution in [3.8, 4) is 5.75 Å². The zero-order valence-corrected chi connectivity index (χ0v) is 9.61. The number of piperidine rings is 1. The molecule has 1 aliphatic heterocycles.